The average Bonchev–Trinajstić information content (AvgIpc) is 3.32. The lowest BCUT2D eigenvalue weighted by molar-refractivity contribution is -0.122. The van der Waals surface area contributed by atoms with Crippen molar-refractivity contribution in [1.29, 1.82) is 0 Å². The van der Waals surface area contributed by atoms with Crippen LogP contribution in [0.1, 0.15) is 27.0 Å². The van der Waals surface area contributed by atoms with Crippen LogP contribution in [-0.2, 0) is 11.3 Å². The second-order valence-electron chi connectivity index (χ2n) is 8.52. The number of fused-ring (bicyclic) bond motifs is 1. The number of hydrogen-bond acceptors (Lipinski definition) is 4. The molecule has 180 valence electrons. The lowest BCUT2D eigenvalue weighted by Gasteiger charge is -2.11. The van der Waals surface area contributed by atoms with E-state index in [4.69, 9.17) is 0 Å². The van der Waals surface area contributed by atoms with E-state index in [1.165, 1.54) is 6.07 Å². The number of aromatic nitrogens is 1. The van der Waals surface area contributed by atoms with E-state index in [0.717, 1.165) is 43.2 Å². The molecule has 1 aliphatic rings. The first kappa shape index (κ1) is 24.2. The molecule has 8 heteroatoms. The fourth-order valence-electron chi connectivity index (χ4n) is 4.10. The van der Waals surface area contributed by atoms with Crippen LogP contribution in [0, 0.1) is 12.7 Å². The van der Waals surface area contributed by atoms with Gasteiger partial charge in [-0.15, -0.1) is 0 Å². The highest BCUT2D eigenvalue weighted by atomic mass is 79.9. The Morgan fingerprint density at radius 3 is 2.56 bits per heavy atom. The van der Waals surface area contributed by atoms with Gasteiger partial charge in [-0.1, -0.05) is 64.0 Å². The molecule has 2 amide bonds. The Balaban J connectivity index is 1.45. The fourth-order valence-corrected chi connectivity index (χ4v) is 5.30. The van der Waals surface area contributed by atoms with E-state index < -0.39 is 11.1 Å². The van der Waals surface area contributed by atoms with Crippen molar-refractivity contribution in [2.24, 2.45) is 0 Å². The third kappa shape index (κ3) is 4.79. The summed E-state index contributed by atoms with van der Waals surface area (Å²) < 4.78 is 17.1. The highest BCUT2D eigenvalue weighted by Crippen LogP contribution is 2.35. The Morgan fingerprint density at radius 2 is 1.81 bits per heavy atom. The van der Waals surface area contributed by atoms with E-state index >= 15 is 0 Å². The smallest absolute Gasteiger partial charge is 0.293 e. The van der Waals surface area contributed by atoms with Gasteiger partial charge in [0.15, 0.2) is 5.78 Å². The zero-order valence-electron chi connectivity index (χ0n) is 19.2. The molecule has 0 N–H and O–H groups in total. The predicted octanol–water partition coefficient (Wildman–Crippen LogP) is 6.82. The first-order valence-corrected chi connectivity index (χ1v) is 12.8. The Hall–Kier alpha value is -3.49. The maximum atomic E-state index is 14.3. The number of hydrogen-bond donors (Lipinski definition) is 0. The van der Waals surface area contributed by atoms with E-state index in [1.807, 2.05) is 48.0 Å². The molecule has 0 unspecified atom stereocenters. The van der Waals surface area contributed by atoms with Gasteiger partial charge in [-0.2, -0.15) is 0 Å². The van der Waals surface area contributed by atoms with Gasteiger partial charge in [-0.3, -0.25) is 19.3 Å². The number of ketones is 1. The molecule has 0 aliphatic carbocycles. The summed E-state index contributed by atoms with van der Waals surface area (Å²) >= 11 is 4.30. The van der Waals surface area contributed by atoms with Crippen molar-refractivity contribution in [3.63, 3.8) is 0 Å². The third-order valence-electron chi connectivity index (χ3n) is 6.01. The molecular weight excluding hydrogens is 543 g/mol. The highest BCUT2D eigenvalue weighted by Gasteiger charge is 2.36. The zero-order chi connectivity index (χ0) is 25.4. The number of thioether (sulfide) groups is 1. The maximum Gasteiger partial charge on any atom is 0.293 e. The van der Waals surface area contributed by atoms with Crippen LogP contribution in [0.15, 0.2) is 82.3 Å². The largest absolute Gasteiger partial charge is 0.342 e. The number of halogens is 2. The lowest BCUT2D eigenvalue weighted by Crippen LogP contribution is -2.33. The molecule has 0 bridgehead atoms. The Labute approximate surface area is 219 Å². The van der Waals surface area contributed by atoms with Crippen LogP contribution in [0.25, 0.3) is 17.0 Å². The van der Waals surface area contributed by atoms with Crippen LogP contribution < -0.4 is 0 Å². The van der Waals surface area contributed by atoms with E-state index in [1.54, 1.807) is 36.4 Å². The van der Waals surface area contributed by atoms with Crippen molar-refractivity contribution in [2.45, 2.75) is 13.5 Å². The van der Waals surface area contributed by atoms with Crippen LogP contribution >= 0.6 is 27.7 Å². The molecule has 1 aromatic heterocycles. The SMILES string of the molecule is Cc1ccc(C(=O)CN2C(=O)S/C(=C\c3cn(Cc4ccccc4F)c4ccc(Br)cc34)C2=O)cc1. The maximum absolute atomic E-state index is 14.3. The Morgan fingerprint density at radius 1 is 1.06 bits per heavy atom. The van der Waals surface area contributed by atoms with Gasteiger partial charge in [0.25, 0.3) is 11.1 Å². The number of nitrogens with zero attached hydrogens (tertiary/aromatic N) is 2. The van der Waals surface area contributed by atoms with Crippen LogP contribution in [0.5, 0.6) is 0 Å². The van der Waals surface area contributed by atoms with Crippen molar-refractivity contribution in [1.82, 2.24) is 9.47 Å². The van der Waals surface area contributed by atoms with Crippen LogP contribution in [0.4, 0.5) is 9.18 Å². The van der Waals surface area contributed by atoms with Crippen molar-refractivity contribution >= 4 is 61.6 Å². The molecule has 0 radical (unpaired) electrons. The van der Waals surface area contributed by atoms with Crippen molar-refractivity contribution in [2.75, 3.05) is 6.54 Å². The summed E-state index contributed by atoms with van der Waals surface area (Å²) in [6.07, 6.45) is 3.50. The van der Waals surface area contributed by atoms with Crippen LogP contribution in [0.2, 0.25) is 0 Å². The quantitative estimate of drug-likeness (QED) is 0.191. The molecule has 0 spiro atoms. The van der Waals surface area contributed by atoms with Gasteiger partial charge < -0.3 is 4.57 Å². The summed E-state index contributed by atoms with van der Waals surface area (Å²) in [6, 6.07) is 19.3. The lowest BCUT2D eigenvalue weighted by atomic mass is 10.1. The number of benzene rings is 3. The number of imide groups is 1. The number of carbonyl (C=O) groups is 3. The predicted molar refractivity (Wildman–Crippen MR) is 143 cm³/mol. The monoisotopic (exact) mass is 562 g/mol. The average molecular weight is 563 g/mol. The van der Waals surface area contributed by atoms with Crippen LogP contribution in [0.3, 0.4) is 0 Å². The second kappa shape index (κ2) is 9.87. The van der Waals surface area contributed by atoms with E-state index in [-0.39, 0.29) is 23.1 Å². The summed E-state index contributed by atoms with van der Waals surface area (Å²) in [5, 5.41) is 0.367. The minimum absolute atomic E-state index is 0.238. The molecular formula is C28H20BrFN2O3S. The van der Waals surface area contributed by atoms with E-state index in [2.05, 4.69) is 15.9 Å². The third-order valence-corrected chi connectivity index (χ3v) is 7.41. The standard InChI is InChI=1S/C28H20BrFN2O3S/c1-17-6-8-18(9-7-17)25(33)16-32-27(34)26(36-28(32)35)12-20-15-31(14-19-4-2-3-5-23(19)30)24-11-10-21(29)13-22(20)24/h2-13,15H,14,16H2,1H3/b26-12-. The first-order valence-electron chi connectivity index (χ1n) is 11.2. The van der Waals surface area contributed by atoms with Crippen molar-refractivity contribution < 1.29 is 18.8 Å². The number of carbonyl (C=O) groups excluding carboxylic acids is 3. The minimum atomic E-state index is -0.504. The van der Waals surface area contributed by atoms with Gasteiger partial charge in [0.2, 0.25) is 0 Å². The summed E-state index contributed by atoms with van der Waals surface area (Å²) in [6.45, 7) is 1.91. The fraction of sp³-hybridized carbons (Fsp3) is 0.107. The molecule has 5 rings (SSSR count). The van der Waals surface area contributed by atoms with Crippen molar-refractivity contribution in [3.05, 3.63) is 110 Å². The van der Waals surface area contributed by atoms with Gasteiger partial charge >= 0.3 is 0 Å². The summed E-state index contributed by atoms with van der Waals surface area (Å²) in [5.74, 6) is -1.10. The summed E-state index contributed by atoms with van der Waals surface area (Å²) in [7, 11) is 0. The number of aryl methyl sites for hydroxylation is 1. The number of rotatable bonds is 6. The number of amides is 2. The van der Waals surface area contributed by atoms with Crippen molar-refractivity contribution in [3.8, 4) is 0 Å². The number of Topliss-reactive ketones (excluding diaryl/α,β-unsaturated/α-hetero) is 1. The second-order valence-corrected chi connectivity index (χ2v) is 10.4. The molecule has 5 nitrogen and oxygen atoms in total. The molecule has 0 atom stereocenters. The van der Waals surface area contributed by atoms with Gasteiger partial charge in [0.05, 0.1) is 18.0 Å². The van der Waals surface area contributed by atoms with Gasteiger partial charge in [0.1, 0.15) is 5.82 Å². The first-order chi connectivity index (χ1) is 17.3. The van der Waals surface area contributed by atoms with Gasteiger partial charge in [-0.25, -0.2) is 4.39 Å². The Bertz CT molecular complexity index is 1560. The molecule has 1 aliphatic heterocycles. The molecule has 0 saturated carbocycles. The molecule has 3 aromatic carbocycles. The zero-order valence-corrected chi connectivity index (χ0v) is 21.6. The van der Waals surface area contributed by atoms with Gasteiger partial charge in [-0.05, 0) is 49.0 Å². The topological polar surface area (TPSA) is 59.4 Å². The normalized spacial score (nSPS) is 14.9. The summed E-state index contributed by atoms with van der Waals surface area (Å²) in [5.41, 5.74) is 3.59. The molecule has 36 heavy (non-hydrogen) atoms. The molecule has 1 saturated heterocycles. The van der Waals surface area contributed by atoms with E-state index in [0.29, 0.717) is 17.7 Å². The van der Waals surface area contributed by atoms with Gasteiger partial charge in [0, 0.05) is 38.3 Å². The Kier molecular flexibility index (Phi) is 6.64. The van der Waals surface area contributed by atoms with E-state index in [9.17, 15) is 18.8 Å². The minimum Gasteiger partial charge on any atom is -0.342 e. The molecule has 2 heterocycles. The molecule has 1 fully saturated rings. The summed E-state index contributed by atoms with van der Waals surface area (Å²) in [4.78, 5) is 39.6. The highest BCUT2D eigenvalue weighted by molar-refractivity contribution is 9.10. The van der Waals surface area contributed by atoms with Crippen LogP contribution in [-0.4, -0.2) is 32.9 Å². The molecule has 4 aromatic rings.